The van der Waals surface area contributed by atoms with E-state index in [4.69, 9.17) is 10.8 Å². The van der Waals surface area contributed by atoms with Crippen molar-refractivity contribution >= 4 is 5.97 Å². The van der Waals surface area contributed by atoms with Gasteiger partial charge in [-0.25, -0.2) is 0 Å². The Morgan fingerprint density at radius 3 is 2.23 bits per heavy atom. The Morgan fingerprint density at radius 2 is 1.77 bits per heavy atom. The van der Waals surface area contributed by atoms with Gasteiger partial charge < -0.3 is 26.2 Å². The van der Waals surface area contributed by atoms with Crippen molar-refractivity contribution < 1.29 is 25.2 Å². The normalized spacial score (nSPS) is 46.0. The second-order valence-corrected chi connectivity index (χ2v) is 3.31. The fourth-order valence-electron chi connectivity index (χ4n) is 1.50. The summed E-state index contributed by atoms with van der Waals surface area (Å²) in [6, 6.07) is -0.981. The molecule has 1 aliphatic carbocycles. The number of nitrogens with two attached hydrogens (primary N) is 1. The van der Waals surface area contributed by atoms with Crippen LogP contribution in [-0.2, 0) is 4.79 Å². The van der Waals surface area contributed by atoms with Crippen molar-refractivity contribution in [3.05, 3.63) is 0 Å². The van der Waals surface area contributed by atoms with Crippen LogP contribution in [0.5, 0.6) is 0 Å². The van der Waals surface area contributed by atoms with E-state index in [9.17, 15) is 20.1 Å². The quantitative estimate of drug-likeness (QED) is 0.312. The van der Waals surface area contributed by atoms with Crippen molar-refractivity contribution in [3.8, 4) is 0 Å². The molecule has 1 fully saturated rings. The van der Waals surface area contributed by atoms with Crippen LogP contribution in [0.25, 0.3) is 0 Å². The highest BCUT2D eigenvalue weighted by atomic mass is 16.4. The van der Waals surface area contributed by atoms with E-state index in [1.54, 1.807) is 0 Å². The summed E-state index contributed by atoms with van der Waals surface area (Å²) in [5.74, 6) is -2.39. The minimum Gasteiger partial charge on any atom is -0.481 e. The summed E-state index contributed by atoms with van der Waals surface area (Å²) in [6.45, 7) is 0. The Bertz CT molecular complexity index is 209. The molecule has 0 saturated heterocycles. The van der Waals surface area contributed by atoms with E-state index >= 15 is 0 Å². The van der Waals surface area contributed by atoms with Gasteiger partial charge in [0.1, 0.15) is 0 Å². The molecule has 6 heteroatoms. The fraction of sp³-hybridized carbons (Fsp3) is 0.857. The third kappa shape index (κ3) is 1.80. The molecule has 1 saturated carbocycles. The van der Waals surface area contributed by atoms with Crippen molar-refractivity contribution in [1.82, 2.24) is 0 Å². The maximum atomic E-state index is 10.5. The first-order valence-electron chi connectivity index (χ1n) is 3.97. The molecule has 76 valence electrons. The van der Waals surface area contributed by atoms with E-state index < -0.39 is 36.2 Å². The molecule has 5 atom stereocenters. The van der Waals surface area contributed by atoms with Crippen LogP contribution in [0.1, 0.15) is 6.42 Å². The van der Waals surface area contributed by atoms with Crippen LogP contribution >= 0.6 is 0 Å². The lowest BCUT2D eigenvalue weighted by molar-refractivity contribution is -0.159. The molecular formula is C7H13NO5. The van der Waals surface area contributed by atoms with Crippen molar-refractivity contribution in [2.75, 3.05) is 0 Å². The summed E-state index contributed by atoms with van der Waals surface area (Å²) >= 11 is 0. The van der Waals surface area contributed by atoms with Crippen molar-refractivity contribution in [2.24, 2.45) is 11.7 Å². The molecule has 0 spiro atoms. The van der Waals surface area contributed by atoms with Gasteiger partial charge >= 0.3 is 5.97 Å². The molecule has 0 heterocycles. The molecule has 0 unspecified atom stereocenters. The van der Waals surface area contributed by atoms with Crippen molar-refractivity contribution in [3.63, 3.8) is 0 Å². The average Bonchev–Trinajstić information content (AvgIpc) is 2.07. The number of carbonyl (C=O) groups is 1. The summed E-state index contributed by atoms with van der Waals surface area (Å²) in [6.07, 6.45) is -4.01. The third-order valence-electron chi connectivity index (χ3n) is 2.41. The van der Waals surface area contributed by atoms with Crippen LogP contribution in [0.4, 0.5) is 0 Å². The summed E-state index contributed by atoms with van der Waals surface area (Å²) < 4.78 is 0. The SMILES string of the molecule is N[C@@H]1[C@H](O)[C@@H](O)[C@H](C(=O)O)C[C@@H]1O. The third-order valence-corrected chi connectivity index (χ3v) is 2.41. The Hall–Kier alpha value is -0.690. The van der Waals surface area contributed by atoms with E-state index in [-0.39, 0.29) is 6.42 Å². The summed E-state index contributed by atoms with van der Waals surface area (Å²) in [4.78, 5) is 10.5. The van der Waals surface area contributed by atoms with Gasteiger partial charge in [0.15, 0.2) is 0 Å². The van der Waals surface area contributed by atoms with Gasteiger partial charge in [0.2, 0.25) is 0 Å². The minimum absolute atomic E-state index is 0.130. The monoisotopic (exact) mass is 191 g/mol. The Balaban J connectivity index is 2.76. The number of hydrogen-bond acceptors (Lipinski definition) is 5. The van der Waals surface area contributed by atoms with Crippen LogP contribution in [-0.4, -0.2) is 50.7 Å². The number of aliphatic carboxylic acids is 1. The minimum atomic E-state index is -1.41. The molecule has 6 N–H and O–H groups in total. The maximum Gasteiger partial charge on any atom is 0.309 e. The first-order chi connectivity index (χ1) is 5.95. The number of rotatable bonds is 1. The molecule has 13 heavy (non-hydrogen) atoms. The van der Waals surface area contributed by atoms with Gasteiger partial charge in [0.25, 0.3) is 0 Å². The fourth-order valence-corrected chi connectivity index (χ4v) is 1.50. The van der Waals surface area contributed by atoms with Gasteiger partial charge in [-0.1, -0.05) is 0 Å². The van der Waals surface area contributed by atoms with Crippen LogP contribution in [0.15, 0.2) is 0 Å². The van der Waals surface area contributed by atoms with E-state index in [1.165, 1.54) is 0 Å². The van der Waals surface area contributed by atoms with E-state index in [2.05, 4.69) is 0 Å². The molecule has 0 bridgehead atoms. The summed E-state index contributed by atoms with van der Waals surface area (Å²) in [7, 11) is 0. The van der Waals surface area contributed by atoms with Gasteiger partial charge in [-0.2, -0.15) is 0 Å². The van der Waals surface area contributed by atoms with Gasteiger partial charge in [0.05, 0.1) is 30.3 Å². The van der Waals surface area contributed by atoms with Gasteiger partial charge in [0, 0.05) is 0 Å². The lowest BCUT2D eigenvalue weighted by Gasteiger charge is -2.36. The highest BCUT2D eigenvalue weighted by Crippen LogP contribution is 2.24. The van der Waals surface area contributed by atoms with Crippen molar-refractivity contribution in [2.45, 2.75) is 30.8 Å². The number of aliphatic hydroxyl groups is 3. The lowest BCUT2D eigenvalue weighted by atomic mass is 9.80. The summed E-state index contributed by atoms with van der Waals surface area (Å²) in [5.41, 5.74) is 5.32. The van der Waals surface area contributed by atoms with Crippen LogP contribution in [0.2, 0.25) is 0 Å². The Labute approximate surface area is 74.6 Å². The molecular weight excluding hydrogens is 178 g/mol. The molecule has 0 aromatic rings. The second-order valence-electron chi connectivity index (χ2n) is 3.31. The molecule has 1 rings (SSSR count). The zero-order chi connectivity index (χ0) is 10.2. The first-order valence-corrected chi connectivity index (χ1v) is 3.97. The predicted molar refractivity (Wildman–Crippen MR) is 41.7 cm³/mol. The van der Waals surface area contributed by atoms with Crippen LogP contribution in [0.3, 0.4) is 0 Å². The second kappa shape index (κ2) is 3.59. The lowest BCUT2D eigenvalue weighted by Crippen LogP contribution is -2.59. The zero-order valence-electron chi connectivity index (χ0n) is 6.87. The zero-order valence-corrected chi connectivity index (χ0v) is 6.87. The molecule has 0 amide bonds. The molecule has 0 aromatic heterocycles. The van der Waals surface area contributed by atoms with Crippen molar-refractivity contribution in [1.29, 1.82) is 0 Å². The Morgan fingerprint density at radius 1 is 1.23 bits per heavy atom. The van der Waals surface area contributed by atoms with E-state index in [0.29, 0.717) is 0 Å². The smallest absolute Gasteiger partial charge is 0.309 e. The maximum absolute atomic E-state index is 10.5. The predicted octanol–water partition coefficient (Wildman–Crippen LogP) is -2.50. The Kier molecular flexibility index (Phi) is 2.87. The average molecular weight is 191 g/mol. The number of carboxylic acids is 1. The standard InChI is InChI=1S/C7H13NO5/c8-4-3(9)1-2(7(12)13)5(10)6(4)11/h2-6,9-11H,1,8H2,(H,12,13)/t2-,3+,4+,5+,6+/m1/s1. The molecule has 0 radical (unpaired) electrons. The number of hydrogen-bond donors (Lipinski definition) is 5. The van der Waals surface area contributed by atoms with Gasteiger partial charge in [-0.3, -0.25) is 4.79 Å². The molecule has 6 nitrogen and oxygen atoms in total. The van der Waals surface area contributed by atoms with Gasteiger partial charge in [-0.15, -0.1) is 0 Å². The first kappa shape index (κ1) is 10.4. The highest BCUT2D eigenvalue weighted by Gasteiger charge is 2.44. The van der Waals surface area contributed by atoms with Gasteiger partial charge in [-0.05, 0) is 6.42 Å². The number of aliphatic hydroxyl groups excluding tert-OH is 3. The van der Waals surface area contributed by atoms with E-state index in [1.807, 2.05) is 0 Å². The molecule has 0 aliphatic heterocycles. The molecule has 1 aliphatic rings. The topological polar surface area (TPSA) is 124 Å². The van der Waals surface area contributed by atoms with E-state index in [0.717, 1.165) is 0 Å². The summed E-state index contributed by atoms with van der Waals surface area (Å²) in [5, 5.41) is 36.3. The van der Waals surface area contributed by atoms with Crippen LogP contribution in [0, 0.1) is 5.92 Å². The van der Waals surface area contributed by atoms with Crippen LogP contribution < -0.4 is 5.73 Å². The largest absolute Gasteiger partial charge is 0.481 e. The highest BCUT2D eigenvalue weighted by molar-refractivity contribution is 5.71. The number of carboxylic acid groups (broad SMARTS) is 1. The molecule has 0 aromatic carbocycles.